The van der Waals surface area contributed by atoms with Gasteiger partial charge in [-0.15, -0.1) is 0 Å². The molecule has 12 nitrogen and oxygen atoms in total. The maximum absolute atomic E-state index is 12.6. The van der Waals surface area contributed by atoms with Crippen LogP contribution in [0, 0.1) is 0 Å². The standard InChI is InChI=1S/C44H74NO11P/c1-3-4-5-6-7-8-9-10-12-17-20-23-26-29-32-35-43(48)56-40(37-54-57(51,52)55-38-41(45)44(49)50)36-53-42(47)34-31-28-25-22-19-16-14-11-13-15-18-21-24-27-30-33-39(2)46/h7-8,10,12-16,21-22,24-25,39-41,46H,3-6,9,11,17-20,23,26-38,45H2,1-2H3,(H,49,50)(H,51,52)/b8-7-,12-10-,15-13-,16-14-,24-21-,25-22-/t39-,40-,41+/m1/s1. The monoisotopic (exact) mass is 823 g/mol. The van der Waals surface area contributed by atoms with Gasteiger partial charge in [0.15, 0.2) is 6.10 Å². The van der Waals surface area contributed by atoms with Crippen LogP contribution in [0.25, 0.3) is 0 Å². The van der Waals surface area contributed by atoms with E-state index in [1.807, 2.05) is 19.1 Å². The van der Waals surface area contributed by atoms with Gasteiger partial charge in [-0.05, 0) is 96.8 Å². The Morgan fingerprint density at radius 2 is 1.07 bits per heavy atom. The number of aliphatic carboxylic acids is 1. The number of allylic oxidation sites excluding steroid dienone is 12. The molecule has 0 saturated carbocycles. The van der Waals surface area contributed by atoms with Crippen LogP contribution in [0.5, 0.6) is 0 Å². The summed E-state index contributed by atoms with van der Waals surface area (Å²) in [6.07, 6.45) is 42.5. The van der Waals surface area contributed by atoms with Gasteiger partial charge in [-0.3, -0.25) is 23.4 Å². The number of hydrogen-bond donors (Lipinski definition) is 4. The third-order valence-corrected chi connectivity index (χ3v) is 9.40. The van der Waals surface area contributed by atoms with Gasteiger partial charge >= 0.3 is 25.7 Å². The van der Waals surface area contributed by atoms with Crippen molar-refractivity contribution >= 4 is 25.7 Å². The summed E-state index contributed by atoms with van der Waals surface area (Å²) in [7, 11) is -4.74. The van der Waals surface area contributed by atoms with Crippen molar-refractivity contribution in [1.29, 1.82) is 0 Å². The second-order valence-corrected chi connectivity index (χ2v) is 15.5. The van der Waals surface area contributed by atoms with Crippen molar-refractivity contribution in [2.24, 2.45) is 5.73 Å². The Kier molecular flexibility index (Phi) is 36.3. The van der Waals surface area contributed by atoms with Gasteiger partial charge in [0, 0.05) is 12.8 Å². The van der Waals surface area contributed by atoms with Gasteiger partial charge in [0.1, 0.15) is 12.6 Å². The Morgan fingerprint density at radius 3 is 1.61 bits per heavy atom. The number of nitrogens with two attached hydrogens (primary N) is 1. The average Bonchev–Trinajstić information content (AvgIpc) is 3.17. The number of carboxylic acid groups (broad SMARTS) is 1. The lowest BCUT2D eigenvalue weighted by Gasteiger charge is -2.20. The van der Waals surface area contributed by atoms with Gasteiger partial charge in [0.2, 0.25) is 0 Å². The summed E-state index contributed by atoms with van der Waals surface area (Å²) in [5, 5.41) is 18.1. The largest absolute Gasteiger partial charge is 0.480 e. The lowest BCUT2D eigenvalue weighted by molar-refractivity contribution is -0.161. The number of phosphoric acid groups is 1. The number of carboxylic acids is 1. The number of ether oxygens (including phenoxy) is 2. The van der Waals surface area contributed by atoms with E-state index in [0.717, 1.165) is 83.5 Å². The lowest BCUT2D eigenvalue weighted by Crippen LogP contribution is -2.34. The zero-order valence-electron chi connectivity index (χ0n) is 34.8. The first-order valence-electron chi connectivity index (χ1n) is 21.0. The summed E-state index contributed by atoms with van der Waals surface area (Å²) in [5.41, 5.74) is 5.32. The quantitative estimate of drug-likeness (QED) is 0.0200. The minimum Gasteiger partial charge on any atom is -0.480 e. The molecule has 0 aliphatic heterocycles. The van der Waals surface area contributed by atoms with Crippen LogP contribution in [0.4, 0.5) is 0 Å². The maximum atomic E-state index is 12.6. The van der Waals surface area contributed by atoms with Crippen molar-refractivity contribution in [3.8, 4) is 0 Å². The van der Waals surface area contributed by atoms with Gasteiger partial charge in [0.05, 0.1) is 19.3 Å². The fourth-order valence-electron chi connectivity index (χ4n) is 5.10. The maximum Gasteiger partial charge on any atom is 0.472 e. The van der Waals surface area contributed by atoms with Crippen molar-refractivity contribution in [1.82, 2.24) is 0 Å². The molecule has 0 amide bonds. The van der Waals surface area contributed by atoms with Crippen LogP contribution in [0.1, 0.15) is 149 Å². The SMILES string of the molecule is CCCCC/C=C\C/C=C\CCCCCCCC(=O)O[C@H](COC(=O)CCC/C=C\C/C=C\C/C=C\C/C=C\CCC[C@@H](C)O)COP(=O)(O)OC[C@H](N)C(=O)O. The molecule has 13 heteroatoms. The third kappa shape index (κ3) is 39.5. The lowest BCUT2D eigenvalue weighted by atomic mass is 10.1. The molecule has 0 aliphatic carbocycles. The Bertz CT molecular complexity index is 1260. The number of phosphoric ester groups is 1. The molecule has 0 spiro atoms. The van der Waals surface area contributed by atoms with Gasteiger partial charge < -0.3 is 30.3 Å². The normalized spacial score (nSPS) is 15.0. The number of aliphatic hydroxyl groups excluding tert-OH is 1. The first kappa shape index (κ1) is 53.9. The smallest absolute Gasteiger partial charge is 0.472 e. The van der Waals surface area contributed by atoms with E-state index in [0.29, 0.717) is 19.3 Å². The molecule has 326 valence electrons. The summed E-state index contributed by atoms with van der Waals surface area (Å²) in [6.45, 7) is 2.23. The second-order valence-electron chi connectivity index (χ2n) is 14.0. The van der Waals surface area contributed by atoms with Crippen LogP contribution in [0.15, 0.2) is 72.9 Å². The summed E-state index contributed by atoms with van der Waals surface area (Å²) >= 11 is 0. The van der Waals surface area contributed by atoms with Crippen molar-refractivity contribution in [2.75, 3.05) is 19.8 Å². The second kappa shape index (κ2) is 38.4. The Morgan fingerprint density at radius 1 is 0.614 bits per heavy atom. The molecule has 1 unspecified atom stereocenters. The van der Waals surface area contributed by atoms with Gasteiger partial charge in [-0.25, -0.2) is 4.57 Å². The zero-order chi connectivity index (χ0) is 42.2. The summed E-state index contributed by atoms with van der Waals surface area (Å²) in [6, 6.07) is -1.54. The highest BCUT2D eigenvalue weighted by Crippen LogP contribution is 2.43. The first-order chi connectivity index (χ1) is 27.5. The third-order valence-electron chi connectivity index (χ3n) is 8.45. The molecule has 0 fully saturated rings. The van der Waals surface area contributed by atoms with E-state index >= 15 is 0 Å². The molecule has 57 heavy (non-hydrogen) atoms. The van der Waals surface area contributed by atoms with E-state index in [9.17, 15) is 28.9 Å². The molecule has 4 atom stereocenters. The van der Waals surface area contributed by atoms with Crippen LogP contribution in [-0.2, 0) is 37.5 Å². The van der Waals surface area contributed by atoms with E-state index in [-0.39, 0.29) is 18.9 Å². The predicted octanol–water partition coefficient (Wildman–Crippen LogP) is 9.92. The zero-order valence-corrected chi connectivity index (χ0v) is 35.7. The number of carbonyl (C=O) groups is 3. The Balaban J connectivity index is 4.52. The van der Waals surface area contributed by atoms with Crippen molar-refractivity contribution < 1.29 is 52.6 Å². The minimum absolute atomic E-state index is 0.123. The topological polar surface area (TPSA) is 192 Å². The van der Waals surface area contributed by atoms with E-state index in [2.05, 4.69) is 72.2 Å². The van der Waals surface area contributed by atoms with Crippen molar-refractivity contribution in [3.05, 3.63) is 72.9 Å². The average molecular weight is 824 g/mol. The summed E-state index contributed by atoms with van der Waals surface area (Å²) in [5.74, 6) is -2.50. The van der Waals surface area contributed by atoms with Gasteiger partial charge in [0.25, 0.3) is 0 Å². The molecule has 0 heterocycles. The number of rotatable bonds is 38. The molecule has 0 aliphatic rings. The molecule has 0 rings (SSSR count). The number of carbonyl (C=O) groups excluding carboxylic acids is 2. The number of esters is 2. The highest BCUT2D eigenvalue weighted by atomic mass is 31.2. The van der Waals surface area contributed by atoms with E-state index in [4.69, 9.17) is 24.8 Å². The van der Waals surface area contributed by atoms with Crippen LogP contribution in [0.3, 0.4) is 0 Å². The van der Waals surface area contributed by atoms with Crippen molar-refractivity contribution in [3.63, 3.8) is 0 Å². The minimum atomic E-state index is -4.74. The number of hydrogen-bond acceptors (Lipinski definition) is 10. The fourth-order valence-corrected chi connectivity index (χ4v) is 5.88. The Hall–Kier alpha value is -3.12. The van der Waals surface area contributed by atoms with Crippen LogP contribution >= 0.6 is 7.82 Å². The van der Waals surface area contributed by atoms with E-state index in [1.165, 1.54) is 19.3 Å². The Labute approximate surface area is 343 Å². The highest BCUT2D eigenvalue weighted by Gasteiger charge is 2.28. The summed E-state index contributed by atoms with van der Waals surface area (Å²) < 4.78 is 32.6. The van der Waals surface area contributed by atoms with Crippen LogP contribution in [0.2, 0.25) is 0 Å². The molecule has 5 N–H and O–H groups in total. The molecule has 0 saturated heterocycles. The molecule has 0 aromatic heterocycles. The molecule has 0 radical (unpaired) electrons. The number of unbranched alkanes of at least 4 members (excludes halogenated alkanes) is 10. The van der Waals surface area contributed by atoms with Gasteiger partial charge in [-0.1, -0.05) is 112 Å². The van der Waals surface area contributed by atoms with Crippen LogP contribution < -0.4 is 5.73 Å². The van der Waals surface area contributed by atoms with Crippen LogP contribution in [-0.4, -0.2) is 71.1 Å². The summed E-state index contributed by atoms with van der Waals surface area (Å²) in [4.78, 5) is 45.9. The molecule has 0 aromatic carbocycles. The first-order valence-corrected chi connectivity index (χ1v) is 22.5. The molecule has 0 bridgehead atoms. The molecular formula is C44H74NO11P. The van der Waals surface area contributed by atoms with E-state index in [1.54, 1.807) is 0 Å². The van der Waals surface area contributed by atoms with Gasteiger partial charge in [-0.2, -0.15) is 0 Å². The molecule has 0 aromatic rings. The number of aliphatic hydroxyl groups is 1. The van der Waals surface area contributed by atoms with E-state index < -0.39 is 57.7 Å². The highest BCUT2D eigenvalue weighted by molar-refractivity contribution is 7.47. The fraction of sp³-hybridized carbons (Fsp3) is 0.659. The predicted molar refractivity (Wildman–Crippen MR) is 227 cm³/mol. The van der Waals surface area contributed by atoms with Crippen molar-refractivity contribution in [2.45, 2.75) is 167 Å². The molecular weight excluding hydrogens is 749 g/mol.